The predicted molar refractivity (Wildman–Crippen MR) is 119 cm³/mol. The second-order valence-electron chi connectivity index (χ2n) is 5.50. The highest BCUT2D eigenvalue weighted by molar-refractivity contribution is 6.62. The van der Waals surface area contributed by atoms with Gasteiger partial charge >= 0.3 is 5.97 Å². The van der Waals surface area contributed by atoms with Crippen LogP contribution in [0.15, 0.2) is 31.7 Å². The van der Waals surface area contributed by atoms with Crippen LogP contribution in [0.2, 0.25) is 0 Å². The van der Waals surface area contributed by atoms with Gasteiger partial charge in [-0.1, -0.05) is 58.0 Å². The highest BCUT2D eigenvalue weighted by Crippen LogP contribution is 2.38. The Bertz CT molecular complexity index is 1060. The van der Waals surface area contributed by atoms with Gasteiger partial charge in [0.2, 0.25) is 0 Å². The molecule has 30 heavy (non-hydrogen) atoms. The standard InChI is InChI=1S/C18H15Cl5N2O5/c1-4-30-18(27)15-14(25-17(26)13(21)11(19)12(20)16(22)23)7-5-9(28-2)10(29-3)6-8(7)24-15/h5-6,24H,4H2,1-3H3,(H,25,26)/b13-11-. The first kappa shape index (κ1) is 24.5. The molecule has 0 radical (unpaired) electrons. The molecule has 1 heterocycles. The molecule has 2 N–H and O–H groups in total. The van der Waals surface area contributed by atoms with Gasteiger partial charge in [0.05, 0.1) is 42.1 Å². The zero-order chi connectivity index (χ0) is 22.6. The minimum Gasteiger partial charge on any atom is -0.493 e. The van der Waals surface area contributed by atoms with Gasteiger partial charge in [0.25, 0.3) is 5.91 Å². The number of benzene rings is 1. The van der Waals surface area contributed by atoms with E-state index in [1.807, 2.05) is 0 Å². The lowest BCUT2D eigenvalue weighted by Crippen LogP contribution is -2.16. The van der Waals surface area contributed by atoms with Crippen LogP contribution in [-0.4, -0.2) is 37.7 Å². The molecule has 0 spiro atoms. The van der Waals surface area contributed by atoms with Crippen molar-refractivity contribution in [3.8, 4) is 11.5 Å². The summed E-state index contributed by atoms with van der Waals surface area (Å²) >= 11 is 28.9. The number of amides is 1. The lowest BCUT2D eigenvalue weighted by atomic mass is 10.2. The van der Waals surface area contributed by atoms with Crippen LogP contribution in [0.3, 0.4) is 0 Å². The maximum atomic E-state index is 12.7. The molecular formula is C18H15Cl5N2O5. The van der Waals surface area contributed by atoms with E-state index in [4.69, 9.17) is 72.2 Å². The first-order valence-corrected chi connectivity index (χ1v) is 10.1. The highest BCUT2D eigenvalue weighted by Gasteiger charge is 2.25. The van der Waals surface area contributed by atoms with Crippen LogP contribution >= 0.6 is 58.0 Å². The van der Waals surface area contributed by atoms with Gasteiger partial charge in [0.15, 0.2) is 11.5 Å². The van der Waals surface area contributed by atoms with E-state index in [1.54, 1.807) is 19.1 Å². The molecule has 0 bridgehead atoms. The number of halogens is 5. The zero-order valence-corrected chi connectivity index (χ0v) is 19.6. The van der Waals surface area contributed by atoms with Crippen molar-refractivity contribution in [1.29, 1.82) is 0 Å². The third-order valence-electron chi connectivity index (χ3n) is 3.77. The normalized spacial score (nSPS) is 11.6. The van der Waals surface area contributed by atoms with Crippen LogP contribution in [0.25, 0.3) is 10.9 Å². The summed E-state index contributed by atoms with van der Waals surface area (Å²) in [5.74, 6) is -0.783. The third kappa shape index (κ3) is 5.10. The highest BCUT2D eigenvalue weighted by atomic mass is 35.5. The maximum absolute atomic E-state index is 12.7. The van der Waals surface area contributed by atoms with Gasteiger partial charge in [0.1, 0.15) is 15.2 Å². The molecule has 2 rings (SSSR count). The molecule has 0 atom stereocenters. The fourth-order valence-corrected chi connectivity index (χ4v) is 3.21. The van der Waals surface area contributed by atoms with E-state index in [1.165, 1.54) is 14.2 Å². The molecule has 0 saturated carbocycles. The zero-order valence-electron chi connectivity index (χ0n) is 15.8. The van der Waals surface area contributed by atoms with Crippen molar-refractivity contribution in [2.75, 3.05) is 26.1 Å². The molecule has 0 aliphatic rings. The second-order valence-corrected chi connectivity index (χ2v) is 7.59. The Morgan fingerprint density at radius 1 is 0.967 bits per heavy atom. The lowest BCUT2D eigenvalue weighted by Gasteiger charge is -2.10. The topological polar surface area (TPSA) is 89.7 Å². The number of hydrogen-bond acceptors (Lipinski definition) is 5. The molecule has 1 amide bonds. The monoisotopic (exact) mass is 514 g/mol. The van der Waals surface area contributed by atoms with Crippen molar-refractivity contribution >= 4 is 86.5 Å². The largest absolute Gasteiger partial charge is 0.493 e. The van der Waals surface area contributed by atoms with Gasteiger partial charge in [-0.05, 0) is 13.0 Å². The number of nitrogens with one attached hydrogen (secondary N) is 2. The number of carbonyl (C=O) groups is 2. The fraction of sp³-hybridized carbons (Fsp3) is 0.222. The molecule has 1 aromatic heterocycles. The number of aromatic amines is 1. The van der Waals surface area contributed by atoms with Gasteiger partial charge in [-0.2, -0.15) is 0 Å². The summed E-state index contributed by atoms with van der Waals surface area (Å²) in [5.41, 5.74) is 0.543. The number of aromatic nitrogens is 1. The number of rotatable bonds is 7. The summed E-state index contributed by atoms with van der Waals surface area (Å²) in [5, 5.41) is 1.79. The van der Waals surface area contributed by atoms with Crippen LogP contribution in [0, 0.1) is 0 Å². The average Bonchev–Trinajstić information content (AvgIpc) is 3.08. The summed E-state index contributed by atoms with van der Waals surface area (Å²) in [6.45, 7) is 1.77. The number of hydrogen-bond donors (Lipinski definition) is 2. The van der Waals surface area contributed by atoms with E-state index < -0.39 is 16.9 Å². The number of anilines is 1. The minimum absolute atomic E-state index is 0.0203. The van der Waals surface area contributed by atoms with Crippen LogP contribution in [0.1, 0.15) is 17.4 Å². The van der Waals surface area contributed by atoms with Crippen molar-refractivity contribution in [3.63, 3.8) is 0 Å². The van der Waals surface area contributed by atoms with Gasteiger partial charge < -0.3 is 24.5 Å². The first-order valence-electron chi connectivity index (χ1n) is 8.18. The molecule has 1 aromatic carbocycles. The molecule has 2 aromatic rings. The van der Waals surface area contributed by atoms with Crippen LogP contribution < -0.4 is 14.8 Å². The molecule has 0 fully saturated rings. The summed E-state index contributed by atoms with van der Waals surface area (Å²) < 4.78 is 15.2. The summed E-state index contributed by atoms with van der Waals surface area (Å²) in [4.78, 5) is 28.0. The van der Waals surface area contributed by atoms with Crippen LogP contribution in [0.4, 0.5) is 5.69 Å². The number of fused-ring (bicyclic) bond motifs is 1. The molecule has 12 heteroatoms. The van der Waals surface area contributed by atoms with Gasteiger partial charge in [-0.25, -0.2) is 4.79 Å². The van der Waals surface area contributed by atoms with E-state index in [2.05, 4.69) is 10.3 Å². The number of ether oxygens (including phenoxy) is 3. The Morgan fingerprint density at radius 3 is 2.10 bits per heavy atom. The summed E-state index contributed by atoms with van der Waals surface area (Å²) in [6, 6.07) is 3.18. The second kappa shape index (κ2) is 10.5. The Labute approximate surface area is 196 Å². The molecule has 0 unspecified atom stereocenters. The lowest BCUT2D eigenvalue weighted by molar-refractivity contribution is -0.112. The number of carbonyl (C=O) groups excluding carboxylic acids is 2. The number of esters is 1. The third-order valence-corrected chi connectivity index (χ3v) is 5.65. The Kier molecular flexibility index (Phi) is 8.58. The SMILES string of the molecule is CCOC(=O)c1[nH]c2cc(OC)c(OC)cc2c1NC(=O)/C(Cl)=C(/Cl)C(Cl)=C(Cl)Cl. The van der Waals surface area contributed by atoms with Crippen LogP contribution in [-0.2, 0) is 9.53 Å². The summed E-state index contributed by atoms with van der Waals surface area (Å²) in [6.07, 6.45) is 0. The Hall–Kier alpha value is -1.77. The molecular weight excluding hydrogens is 501 g/mol. The smallest absolute Gasteiger partial charge is 0.356 e. The van der Waals surface area contributed by atoms with Crippen molar-refractivity contribution in [1.82, 2.24) is 4.98 Å². The predicted octanol–water partition coefficient (Wildman–Crippen LogP) is 5.88. The van der Waals surface area contributed by atoms with E-state index >= 15 is 0 Å². The van der Waals surface area contributed by atoms with Crippen molar-refractivity contribution in [3.05, 3.63) is 37.4 Å². The molecule has 0 aliphatic carbocycles. The van der Waals surface area contributed by atoms with Crippen molar-refractivity contribution in [2.24, 2.45) is 0 Å². The van der Waals surface area contributed by atoms with Gasteiger partial charge in [0, 0.05) is 11.5 Å². The maximum Gasteiger partial charge on any atom is 0.356 e. The number of H-pyrrole nitrogens is 1. The van der Waals surface area contributed by atoms with E-state index in [-0.39, 0.29) is 32.5 Å². The number of methoxy groups -OCH3 is 2. The number of allylic oxidation sites excluding steroid dienone is 2. The Morgan fingerprint density at radius 2 is 1.57 bits per heavy atom. The Balaban J connectivity index is 2.64. The first-order chi connectivity index (χ1) is 14.2. The van der Waals surface area contributed by atoms with Crippen molar-refractivity contribution in [2.45, 2.75) is 6.92 Å². The van der Waals surface area contributed by atoms with Crippen LogP contribution in [0.5, 0.6) is 11.5 Å². The molecule has 0 saturated heterocycles. The van der Waals surface area contributed by atoms with Crippen molar-refractivity contribution < 1.29 is 23.8 Å². The van der Waals surface area contributed by atoms with E-state index in [0.29, 0.717) is 22.4 Å². The molecule has 0 aliphatic heterocycles. The molecule has 7 nitrogen and oxygen atoms in total. The van der Waals surface area contributed by atoms with E-state index in [9.17, 15) is 9.59 Å². The summed E-state index contributed by atoms with van der Waals surface area (Å²) in [7, 11) is 2.91. The minimum atomic E-state index is -0.865. The fourth-order valence-electron chi connectivity index (χ4n) is 2.45. The molecule has 162 valence electrons. The quantitative estimate of drug-likeness (QED) is 0.273. The van der Waals surface area contributed by atoms with E-state index in [0.717, 1.165) is 0 Å². The van der Waals surface area contributed by atoms with Gasteiger partial charge in [-0.3, -0.25) is 4.79 Å². The van der Waals surface area contributed by atoms with Gasteiger partial charge in [-0.15, -0.1) is 0 Å². The average molecular weight is 517 g/mol.